The fraction of sp³-hybridized carbons (Fsp3) is 0.562. The summed E-state index contributed by atoms with van der Waals surface area (Å²) in [7, 11) is 3.27. The summed E-state index contributed by atoms with van der Waals surface area (Å²) < 4.78 is 16.2. The molecule has 0 atom stereocenters. The van der Waals surface area contributed by atoms with Gasteiger partial charge in [0.15, 0.2) is 0 Å². The molecule has 0 unspecified atom stereocenters. The number of ether oxygens (including phenoxy) is 3. The van der Waals surface area contributed by atoms with Gasteiger partial charge in [-0.1, -0.05) is 13.0 Å². The predicted octanol–water partition coefficient (Wildman–Crippen LogP) is 3.32. The van der Waals surface area contributed by atoms with Gasteiger partial charge in [-0.05, 0) is 33.3 Å². The number of hydrogen-bond acceptors (Lipinski definition) is 4. The van der Waals surface area contributed by atoms with Crippen molar-refractivity contribution in [1.29, 1.82) is 0 Å². The van der Waals surface area contributed by atoms with Crippen LogP contribution in [0, 0.1) is 0 Å². The van der Waals surface area contributed by atoms with Crippen LogP contribution in [0.3, 0.4) is 0 Å². The zero-order valence-electron chi connectivity index (χ0n) is 13.2. The maximum Gasteiger partial charge on any atom is 0.338 e. The Bertz CT molecular complexity index is 478. The third-order valence-corrected chi connectivity index (χ3v) is 3.47. The van der Waals surface area contributed by atoms with Crippen molar-refractivity contribution in [3.05, 3.63) is 28.8 Å². The molecule has 0 spiro atoms. The summed E-state index contributed by atoms with van der Waals surface area (Å²) in [6.45, 7) is 8.07. The van der Waals surface area contributed by atoms with Gasteiger partial charge in [-0.25, -0.2) is 4.79 Å². The standard InChI is InChI=1S/C16H24O4/c1-7-11-12(15(17)20-8-2)9-10-13(14(11)18-5)16(3,4)19-6/h9-10H,7-8H2,1-6H3. The number of hydrogen-bond donors (Lipinski definition) is 0. The quantitative estimate of drug-likeness (QED) is 0.750. The number of carbonyl (C=O) groups excluding carboxylic acids is 1. The van der Waals surface area contributed by atoms with Crippen molar-refractivity contribution in [2.45, 2.75) is 39.7 Å². The van der Waals surface area contributed by atoms with Crippen LogP contribution in [0.1, 0.15) is 49.2 Å². The van der Waals surface area contributed by atoms with Crippen molar-refractivity contribution in [3.63, 3.8) is 0 Å². The Morgan fingerprint density at radius 3 is 2.30 bits per heavy atom. The van der Waals surface area contributed by atoms with Crippen LogP contribution in [0.4, 0.5) is 0 Å². The van der Waals surface area contributed by atoms with E-state index in [-0.39, 0.29) is 5.97 Å². The summed E-state index contributed by atoms with van der Waals surface area (Å²) in [5, 5.41) is 0. The molecule has 112 valence electrons. The molecule has 4 heteroatoms. The number of benzene rings is 1. The van der Waals surface area contributed by atoms with Crippen LogP contribution in [0.5, 0.6) is 5.75 Å². The Balaban J connectivity index is 3.45. The average Bonchev–Trinajstić information content (AvgIpc) is 2.45. The first-order valence-electron chi connectivity index (χ1n) is 6.85. The maximum absolute atomic E-state index is 12.0. The molecule has 0 amide bonds. The normalized spacial score (nSPS) is 11.3. The number of carbonyl (C=O) groups is 1. The first kappa shape index (κ1) is 16.5. The second-order valence-electron chi connectivity index (χ2n) is 4.96. The maximum atomic E-state index is 12.0. The summed E-state index contributed by atoms with van der Waals surface area (Å²) in [6, 6.07) is 3.66. The van der Waals surface area contributed by atoms with Crippen LogP contribution in [0.25, 0.3) is 0 Å². The Kier molecular flexibility index (Phi) is 5.57. The van der Waals surface area contributed by atoms with Crippen LogP contribution in [-0.2, 0) is 21.5 Å². The first-order chi connectivity index (χ1) is 9.42. The minimum absolute atomic E-state index is 0.315. The molecule has 0 radical (unpaired) electrons. The lowest BCUT2D eigenvalue weighted by Crippen LogP contribution is -2.22. The minimum Gasteiger partial charge on any atom is -0.496 e. The van der Waals surface area contributed by atoms with E-state index in [2.05, 4.69) is 0 Å². The molecule has 20 heavy (non-hydrogen) atoms. The van der Waals surface area contributed by atoms with E-state index in [1.54, 1.807) is 27.2 Å². The molecule has 0 fully saturated rings. The summed E-state index contributed by atoms with van der Waals surface area (Å²) >= 11 is 0. The van der Waals surface area contributed by atoms with Gasteiger partial charge in [0.2, 0.25) is 0 Å². The highest BCUT2D eigenvalue weighted by molar-refractivity contribution is 5.92. The van der Waals surface area contributed by atoms with Crippen LogP contribution in [0.15, 0.2) is 12.1 Å². The van der Waals surface area contributed by atoms with E-state index in [0.29, 0.717) is 24.3 Å². The average molecular weight is 280 g/mol. The summed E-state index contributed by atoms with van der Waals surface area (Å²) in [4.78, 5) is 12.0. The van der Waals surface area contributed by atoms with Crippen molar-refractivity contribution in [2.75, 3.05) is 20.8 Å². The molecule has 1 rings (SSSR count). The largest absolute Gasteiger partial charge is 0.496 e. The topological polar surface area (TPSA) is 44.8 Å². The first-order valence-corrected chi connectivity index (χ1v) is 6.85. The molecule has 1 aromatic rings. The highest BCUT2D eigenvalue weighted by Gasteiger charge is 2.28. The molecule has 0 aliphatic heterocycles. The highest BCUT2D eigenvalue weighted by Crippen LogP contribution is 2.37. The third-order valence-electron chi connectivity index (χ3n) is 3.47. The zero-order valence-corrected chi connectivity index (χ0v) is 13.2. The van der Waals surface area contributed by atoms with Gasteiger partial charge in [0.05, 0.1) is 24.9 Å². The van der Waals surface area contributed by atoms with Gasteiger partial charge in [-0.15, -0.1) is 0 Å². The monoisotopic (exact) mass is 280 g/mol. The Hall–Kier alpha value is -1.55. The lowest BCUT2D eigenvalue weighted by Gasteiger charge is -2.27. The Morgan fingerprint density at radius 1 is 1.20 bits per heavy atom. The van der Waals surface area contributed by atoms with Gasteiger partial charge in [0.25, 0.3) is 0 Å². The van der Waals surface area contributed by atoms with E-state index >= 15 is 0 Å². The molecule has 0 N–H and O–H groups in total. The molecular weight excluding hydrogens is 256 g/mol. The van der Waals surface area contributed by atoms with Crippen LogP contribution < -0.4 is 4.74 Å². The van der Waals surface area contributed by atoms with Gasteiger partial charge in [-0.2, -0.15) is 0 Å². The van der Waals surface area contributed by atoms with E-state index in [9.17, 15) is 4.79 Å². The predicted molar refractivity (Wildman–Crippen MR) is 78.4 cm³/mol. The van der Waals surface area contributed by atoms with Crippen molar-refractivity contribution >= 4 is 5.97 Å². The molecule has 0 saturated heterocycles. The second kappa shape index (κ2) is 6.75. The summed E-state index contributed by atoms with van der Waals surface area (Å²) in [6.07, 6.45) is 0.685. The molecule has 1 aromatic carbocycles. The summed E-state index contributed by atoms with van der Waals surface area (Å²) in [5.74, 6) is 0.384. The fourth-order valence-electron chi connectivity index (χ4n) is 2.20. The van der Waals surface area contributed by atoms with Gasteiger partial charge in [-0.3, -0.25) is 0 Å². The SMILES string of the molecule is CCOC(=O)c1ccc(C(C)(C)OC)c(OC)c1CC. The van der Waals surface area contributed by atoms with Gasteiger partial charge >= 0.3 is 5.97 Å². The fourth-order valence-corrected chi connectivity index (χ4v) is 2.20. The van der Waals surface area contributed by atoms with Gasteiger partial charge < -0.3 is 14.2 Å². The van der Waals surface area contributed by atoms with Crippen LogP contribution >= 0.6 is 0 Å². The smallest absolute Gasteiger partial charge is 0.338 e. The molecule has 0 heterocycles. The second-order valence-corrected chi connectivity index (χ2v) is 4.96. The molecule has 0 saturated carbocycles. The Morgan fingerprint density at radius 2 is 1.85 bits per heavy atom. The molecule has 0 aliphatic rings. The van der Waals surface area contributed by atoms with E-state index in [1.165, 1.54) is 0 Å². The van der Waals surface area contributed by atoms with Crippen molar-refractivity contribution in [3.8, 4) is 5.75 Å². The number of methoxy groups -OCH3 is 2. The molecule has 0 aromatic heterocycles. The van der Waals surface area contributed by atoms with Crippen LogP contribution in [-0.4, -0.2) is 26.8 Å². The van der Waals surface area contributed by atoms with Gasteiger partial charge in [0.1, 0.15) is 5.75 Å². The lowest BCUT2D eigenvalue weighted by molar-refractivity contribution is 0.0171. The summed E-state index contributed by atoms with van der Waals surface area (Å²) in [5.41, 5.74) is 1.85. The lowest BCUT2D eigenvalue weighted by atomic mass is 9.91. The molecule has 4 nitrogen and oxygen atoms in total. The highest BCUT2D eigenvalue weighted by atomic mass is 16.5. The molecule has 0 bridgehead atoms. The van der Waals surface area contributed by atoms with E-state index in [4.69, 9.17) is 14.2 Å². The van der Waals surface area contributed by atoms with E-state index in [1.807, 2.05) is 26.8 Å². The van der Waals surface area contributed by atoms with Gasteiger partial charge in [0, 0.05) is 18.2 Å². The minimum atomic E-state index is -0.484. The zero-order chi connectivity index (χ0) is 15.3. The number of rotatable bonds is 6. The Labute approximate surface area is 121 Å². The molecule has 0 aliphatic carbocycles. The third kappa shape index (κ3) is 3.12. The van der Waals surface area contributed by atoms with Crippen molar-refractivity contribution in [1.82, 2.24) is 0 Å². The van der Waals surface area contributed by atoms with Crippen molar-refractivity contribution in [2.24, 2.45) is 0 Å². The van der Waals surface area contributed by atoms with E-state index < -0.39 is 5.60 Å². The molecular formula is C16H24O4. The van der Waals surface area contributed by atoms with E-state index in [0.717, 1.165) is 11.1 Å². The van der Waals surface area contributed by atoms with Crippen LogP contribution in [0.2, 0.25) is 0 Å². The van der Waals surface area contributed by atoms with Crippen molar-refractivity contribution < 1.29 is 19.0 Å². The number of esters is 1.